The highest BCUT2D eigenvalue weighted by Gasteiger charge is 2.37. The summed E-state index contributed by atoms with van der Waals surface area (Å²) in [5.74, 6) is 0.953. The van der Waals surface area contributed by atoms with Crippen LogP contribution in [0.1, 0.15) is 78.3 Å². The lowest BCUT2D eigenvalue weighted by Crippen LogP contribution is -2.48. The summed E-state index contributed by atoms with van der Waals surface area (Å²) in [5.41, 5.74) is 3.93. The molecule has 2 N–H and O–H groups in total. The quantitative estimate of drug-likeness (QED) is 0.502. The minimum atomic E-state index is -0.248. The molecule has 0 radical (unpaired) electrons. The van der Waals surface area contributed by atoms with Gasteiger partial charge in [0.1, 0.15) is 0 Å². The third-order valence-electron chi connectivity index (χ3n) is 8.34. The Bertz CT molecular complexity index is 1340. The van der Waals surface area contributed by atoms with E-state index in [9.17, 15) is 19.2 Å². The summed E-state index contributed by atoms with van der Waals surface area (Å²) in [6.45, 7) is 6.30. The molecule has 11 heteroatoms. The van der Waals surface area contributed by atoms with Crippen LogP contribution in [0.15, 0.2) is 12.1 Å². The summed E-state index contributed by atoms with van der Waals surface area (Å²) < 4.78 is 12.9. The number of hydrogen-bond donors (Lipinski definition) is 2. The second kappa shape index (κ2) is 13.8. The first-order chi connectivity index (χ1) is 20.1. The van der Waals surface area contributed by atoms with Crippen LogP contribution in [0.2, 0.25) is 0 Å². The molecule has 11 nitrogen and oxygen atoms in total. The molecule has 1 aromatic heterocycles. The smallest absolute Gasteiger partial charge is 0.225 e. The van der Waals surface area contributed by atoms with Crippen molar-refractivity contribution in [2.45, 2.75) is 90.8 Å². The van der Waals surface area contributed by atoms with Crippen LogP contribution in [0.5, 0.6) is 11.5 Å². The lowest BCUT2D eigenvalue weighted by molar-refractivity contribution is -0.136. The van der Waals surface area contributed by atoms with Crippen LogP contribution < -0.4 is 20.1 Å². The summed E-state index contributed by atoms with van der Waals surface area (Å²) in [6.07, 6.45) is 4.00. The predicted molar refractivity (Wildman–Crippen MR) is 157 cm³/mol. The van der Waals surface area contributed by atoms with E-state index in [1.165, 1.54) is 6.92 Å². The summed E-state index contributed by atoms with van der Waals surface area (Å²) >= 11 is 0. The number of nitrogens with one attached hydrogen (secondary N) is 2. The SMILES string of the molecule is COc1cc2cc(c1OC)CCCNC(=O)C[C@@H]1CC[C@H](CNC(=O)CC2)N1C(=O)CCn1nc(C)c(C(C)=O)c1C. The van der Waals surface area contributed by atoms with Crippen molar-refractivity contribution in [3.8, 4) is 11.5 Å². The highest BCUT2D eigenvalue weighted by Crippen LogP contribution is 2.34. The number of carbonyl (C=O) groups is 4. The van der Waals surface area contributed by atoms with Gasteiger partial charge in [-0.3, -0.25) is 23.9 Å². The molecule has 0 aliphatic carbocycles. The number of aromatic nitrogens is 2. The number of carbonyl (C=O) groups excluding carboxylic acids is 4. The van der Waals surface area contributed by atoms with Crippen molar-refractivity contribution in [2.24, 2.45) is 0 Å². The van der Waals surface area contributed by atoms with Crippen molar-refractivity contribution in [3.63, 3.8) is 0 Å². The molecule has 0 saturated carbocycles. The summed E-state index contributed by atoms with van der Waals surface area (Å²) in [7, 11) is 3.20. The molecule has 2 aromatic rings. The first kappa shape index (κ1) is 31.1. The fraction of sp³-hybridized carbons (Fsp3) is 0.581. The van der Waals surface area contributed by atoms with Crippen molar-refractivity contribution in [3.05, 3.63) is 40.2 Å². The second-order valence-corrected chi connectivity index (χ2v) is 11.2. The number of hydrogen-bond acceptors (Lipinski definition) is 7. The van der Waals surface area contributed by atoms with Gasteiger partial charge >= 0.3 is 0 Å². The average Bonchev–Trinajstić information content (AvgIpc) is 3.49. The van der Waals surface area contributed by atoms with Crippen LogP contribution in [0, 0.1) is 13.8 Å². The Labute approximate surface area is 247 Å². The van der Waals surface area contributed by atoms with Gasteiger partial charge in [0.05, 0.1) is 25.5 Å². The molecule has 2 aliphatic heterocycles. The molecule has 0 spiro atoms. The fourth-order valence-corrected chi connectivity index (χ4v) is 6.33. The van der Waals surface area contributed by atoms with Crippen LogP contribution in [0.3, 0.4) is 0 Å². The Kier molecular flexibility index (Phi) is 10.2. The van der Waals surface area contributed by atoms with Gasteiger partial charge in [-0.05, 0) is 70.1 Å². The minimum Gasteiger partial charge on any atom is -0.493 e. The van der Waals surface area contributed by atoms with E-state index in [1.54, 1.807) is 30.7 Å². The Morgan fingerprint density at radius 2 is 1.76 bits per heavy atom. The topological polar surface area (TPSA) is 132 Å². The molecule has 3 amide bonds. The molecule has 0 unspecified atom stereocenters. The highest BCUT2D eigenvalue weighted by molar-refractivity contribution is 5.96. The summed E-state index contributed by atoms with van der Waals surface area (Å²) in [5, 5.41) is 10.5. The van der Waals surface area contributed by atoms with Gasteiger partial charge in [-0.15, -0.1) is 0 Å². The van der Waals surface area contributed by atoms with E-state index in [2.05, 4.69) is 15.7 Å². The monoisotopic (exact) mass is 581 g/mol. The summed E-state index contributed by atoms with van der Waals surface area (Å²) in [4.78, 5) is 53.3. The molecule has 4 rings (SSSR count). The van der Waals surface area contributed by atoms with Gasteiger partial charge in [-0.1, -0.05) is 6.07 Å². The normalized spacial score (nSPS) is 20.0. The van der Waals surface area contributed by atoms with Gasteiger partial charge in [0, 0.05) is 56.7 Å². The Morgan fingerprint density at radius 1 is 1.00 bits per heavy atom. The first-order valence-electron chi connectivity index (χ1n) is 14.8. The molecule has 2 aliphatic rings. The van der Waals surface area contributed by atoms with Crippen LogP contribution >= 0.6 is 0 Å². The predicted octanol–water partition coefficient (Wildman–Crippen LogP) is 2.67. The maximum atomic E-state index is 13.6. The number of benzene rings is 1. The molecular formula is C31H43N5O6. The number of aryl methyl sites for hydroxylation is 4. The lowest BCUT2D eigenvalue weighted by Gasteiger charge is -2.31. The molecule has 228 valence electrons. The standard InChI is InChI=1S/C31H43N5O6/c1-19-30(21(3)37)20(2)35(34-19)14-12-29(40)36-24-9-10-25(36)18-33-27(38)11-8-22-15-23(7-6-13-32-28(39)17-24)31(42-5)26(16-22)41-4/h15-16,24-25H,6-14,17-18H2,1-5H3,(H,32,39)(H,33,38)/t24-,25+/m0/s1. The van der Waals surface area contributed by atoms with Crippen LogP contribution in [0.4, 0.5) is 0 Å². The molecule has 3 heterocycles. The number of Topliss-reactive ketones (excluding diaryl/α,β-unsaturated/α-hetero) is 1. The number of amides is 3. The number of fused-ring (bicyclic) bond motifs is 4. The summed E-state index contributed by atoms with van der Waals surface area (Å²) in [6, 6.07) is 3.49. The maximum Gasteiger partial charge on any atom is 0.225 e. The third-order valence-corrected chi connectivity index (χ3v) is 8.34. The van der Waals surface area contributed by atoms with Crippen molar-refractivity contribution in [1.29, 1.82) is 0 Å². The Balaban J connectivity index is 1.49. The van der Waals surface area contributed by atoms with Gasteiger partial charge < -0.3 is 25.0 Å². The Hall–Kier alpha value is -3.89. The largest absolute Gasteiger partial charge is 0.493 e. The third kappa shape index (κ3) is 7.11. The molecule has 1 saturated heterocycles. The molecule has 1 fully saturated rings. The number of nitrogens with zero attached hydrogens (tertiary/aromatic N) is 3. The molecule has 2 atom stereocenters. The molecular weight excluding hydrogens is 538 g/mol. The molecule has 1 aromatic carbocycles. The van der Waals surface area contributed by atoms with Crippen LogP contribution in [-0.2, 0) is 33.8 Å². The van der Waals surface area contributed by atoms with Gasteiger partial charge in [0.2, 0.25) is 17.7 Å². The van der Waals surface area contributed by atoms with E-state index in [-0.39, 0.29) is 48.4 Å². The number of ketones is 1. The van der Waals surface area contributed by atoms with Crippen LogP contribution in [-0.4, -0.2) is 77.6 Å². The van der Waals surface area contributed by atoms with E-state index in [0.29, 0.717) is 80.9 Å². The van der Waals surface area contributed by atoms with Gasteiger partial charge in [0.25, 0.3) is 0 Å². The van der Waals surface area contributed by atoms with Crippen LogP contribution in [0.25, 0.3) is 0 Å². The van der Waals surface area contributed by atoms with E-state index in [1.807, 2.05) is 19.1 Å². The average molecular weight is 582 g/mol. The maximum absolute atomic E-state index is 13.6. The van der Waals surface area contributed by atoms with Gasteiger partial charge in [0.15, 0.2) is 17.3 Å². The second-order valence-electron chi connectivity index (χ2n) is 11.2. The number of methoxy groups -OCH3 is 2. The van der Waals surface area contributed by atoms with E-state index < -0.39 is 0 Å². The van der Waals surface area contributed by atoms with Crippen molar-refractivity contribution >= 4 is 23.5 Å². The zero-order valence-corrected chi connectivity index (χ0v) is 25.4. The van der Waals surface area contributed by atoms with Crippen molar-refractivity contribution in [1.82, 2.24) is 25.3 Å². The number of ether oxygens (including phenoxy) is 2. The fourth-order valence-electron chi connectivity index (χ4n) is 6.33. The number of rotatable bonds is 6. The minimum absolute atomic E-state index is 0.0508. The van der Waals surface area contributed by atoms with E-state index in [0.717, 1.165) is 16.8 Å². The van der Waals surface area contributed by atoms with Gasteiger partial charge in [-0.2, -0.15) is 5.10 Å². The van der Waals surface area contributed by atoms with E-state index in [4.69, 9.17) is 9.47 Å². The molecule has 4 bridgehead atoms. The zero-order chi connectivity index (χ0) is 30.4. The lowest BCUT2D eigenvalue weighted by atomic mass is 10.0. The Morgan fingerprint density at radius 3 is 2.45 bits per heavy atom. The zero-order valence-electron chi connectivity index (χ0n) is 25.4. The van der Waals surface area contributed by atoms with Crippen molar-refractivity contribution in [2.75, 3.05) is 27.3 Å². The van der Waals surface area contributed by atoms with Crippen molar-refractivity contribution < 1.29 is 28.7 Å². The molecule has 42 heavy (non-hydrogen) atoms. The van der Waals surface area contributed by atoms with E-state index >= 15 is 0 Å². The highest BCUT2D eigenvalue weighted by atomic mass is 16.5. The van der Waals surface area contributed by atoms with Gasteiger partial charge in [-0.25, -0.2) is 0 Å². The first-order valence-corrected chi connectivity index (χ1v) is 14.8.